The number of ketones is 1. The van der Waals surface area contributed by atoms with E-state index in [4.69, 9.17) is 14.2 Å². The average molecular weight is 373 g/mol. The average Bonchev–Trinajstić information content (AvgIpc) is 2.66. The lowest BCUT2D eigenvalue weighted by molar-refractivity contribution is -0.150. The number of ether oxygens (including phenoxy) is 3. The second-order valence-corrected chi connectivity index (χ2v) is 6.11. The van der Waals surface area contributed by atoms with E-state index in [9.17, 15) is 14.7 Å². The normalized spacial score (nSPS) is 12.7. The highest BCUT2D eigenvalue weighted by molar-refractivity contribution is 5.99. The summed E-state index contributed by atoms with van der Waals surface area (Å²) >= 11 is 0. The van der Waals surface area contributed by atoms with Gasteiger partial charge < -0.3 is 19.3 Å². The molecular formula is C20H23NO6. The monoisotopic (exact) mass is 373 g/mol. The number of benzene rings is 1. The zero-order valence-corrected chi connectivity index (χ0v) is 15.5. The molecule has 1 N–H and O–H groups in total. The lowest BCUT2D eigenvalue weighted by Crippen LogP contribution is -2.25. The van der Waals surface area contributed by atoms with Crippen molar-refractivity contribution in [2.75, 3.05) is 13.7 Å². The SMILES string of the molecule is COc1ccnc(C(=O)C[C@@H](C)C(=O)OC[C@@H](C)Oc2ccccc2)c1O. The number of para-hydroxylation sites is 1. The van der Waals surface area contributed by atoms with Crippen molar-refractivity contribution in [2.24, 2.45) is 5.92 Å². The second-order valence-electron chi connectivity index (χ2n) is 6.11. The number of methoxy groups -OCH3 is 1. The third kappa shape index (κ3) is 5.70. The summed E-state index contributed by atoms with van der Waals surface area (Å²) in [6.07, 6.45) is 0.890. The number of pyridine rings is 1. The van der Waals surface area contributed by atoms with E-state index >= 15 is 0 Å². The van der Waals surface area contributed by atoms with Crippen LogP contribution in [0.5, 0.6) is 17.2 Å². The van der Waals surface area contributed by atoms with E-state index in [1.807, 2.05) is 30.3 Å². The maximum Gasteiger partial charge on any atom is 0.309 e. The van der Waals surface area contributed by atoms with Gasteiger partial charge in [-0.05, 0) is 19.1 Å². The first-order chi connectivity index (χ1) is 12.9. The molecule has 0 spiro atoms. The fraction of sp³-hybridized carbons (Fsp3) is 0.350. The van der Waals surface area contributed by atoms with Crippen molar-refractivity contribution in [2.45, 2.75) is 26.4 Å². The molecule has 0 amide bonds. The van der Waals surface area contributed by atoms with Crippen molar-refractivity contribution in [1.29, 1.82) is 0 Å². The van der Waals surface area contributed by atoms with Crippen LogP contribution in [-0.2, 0) is 9.53 Å². The summed E-state index contributed by atoms with van der Waals surface area (Å²) in [7, 11) is 1.38. The minimum Gasteiger partial charge on any atom is -0.503 e. The zero-order valence-electron chi connectivity index (χ0n) is 15.5. The van der Waals surface area contributed by atoms with Crippen LogP contribution in [0.25, 0.3) is 0 Å². The Balaban J connectivity index is 1.85. The number of aromatic hydroxyl groups is 1. The minimum atomic E-state index is -0.686. The van der Waals surface area contributed by atoms with E-state index in [2.05, 4.69) is 4.98 Å². The van der Waals surface area contributed by atoms with Crippen molar-refractivity contribution >= 4 is 11.8 Å². The van der Waals surface area contributed by atoms with E-state index in [1.165, 1.54) is 19.4 Å². The Hall–Kier alpha value is -3.09. The Morgan fingerprint density at radius 1 is 1.15 bits per heavy atom. The molecule has 0 saturated heterocycles. The van der Waals surface area contributed by atoms with Gasteiger partial charge in [-0.1, -0.05) is 25.1 Å². The molecule has 2 aromatic rings. The number of hydrogen-bond acceptors (Lipinski definition) is 7. The molecule has 0 unspecified atom stereocenters. The summed E-state index contributed by atoms with van der Waals surface area (Å²) in [4.78, 5) is 28.3. The van der Waals surface area contributed by atoms with Gasteiger partial charge in [-0.25, -0.2) is 4.98 Å². The van der Waals surface area contributed by atoms with Crippen LogP contribution in [0, 0.1) is 5.92 Å². The van der Waals surface area contributed by atoms with Crippen molar-refractivity contribution in [3.8, 4) is 17.2 Å². The predicted octanol–water partition coefficient (Wildman–Crippen LogP) is 3.02. The first-order valence-electron chi connectivity index (χ1n) is 8.55. The van der Waals surface area contributed by atoms with Crippen LogP contribution < -0.4 is 9.47 Å². The van der Waals surface area contributed by atoms with E-state index in [1.54, 1.807) is 13.8 Å². The molecular weight excluding hydrogens is 350 g/mol. The van der Waals surface area contributed by atoms with Crippen LogP contribution in [0.15, 0.2) is 42.6 Å². The molecule has 0 aliphatic rings. The maximum atomic E-state index is 12.3. The van der Waals surface area contributed by atoms with E-state index in [0.717, 1.165) is 0 Å². The van der Waals surface area contributed by atoms with Crippen LogP contribution in [-0.4, -0.2) is 41.7 Å². The van der Waals surface area contributed by atoms with Crippen LogP contribution in [0.3, 0.4) is 0 Å². The van der Waals surface area contributed by atoms with Gasteiger partial charge in [-0.15, -0.1) is 0 Å². The third-order valence-corrected chi connectivity index (χ3v) is 3.81. The van der Waals surface area contributed by atoms with Gasteiger partial charge in [0, 0.05) is 18.7 Å². The molecule has 7 heteroatoms. The Morgan fingerprint density at radius 2 is 1.85 bits per heavy atom. The summed E-state index contributed by atoms with van der Waals surface area (Å²) in [6.45, 7) is 3.43. The Labute approximate surface area is 157 Å². The first kappa shape index (κ1) is 20.2. The highest BCUT2D eigenvalue weighted by Crippen LogP contribution is 2.29. The first-order valence-corrected chi connectivity index (χ1v) is 8.55. The molecule has 1 heterocycles. The number of nitrogens with zero attached hydrogens (tertiary/aromatic N) is 1. The van der Waals surface area contributed by atoms with Gasteiger partial charge in [0.05, 0.1) is 13.0 Å². The number of hydrogen-bond donors (Lipinski definition) is 1. The Morgan fingerprint density at radius 3 is 2.52 bits per heavy atom. The molecule has 1 aromatic heterocycles. The smallest absolute Gasteiger partial charge is 0.309 e. The molecule has 0 saturated carbocycles. The summed E-state index contributed by atoms with van der Waals surface area (Å²) in [6, 6.07) is 10.6. The summed E-state index contributed by atoms with van der Waals surface area (Å²) in [5.41, 5.74) is -0.130. The van der Waals surface area contributed by atoms with Gasteiger partial charge in [0.2, 0.25) is 0 Å². The van der Waals surface area contributed by atoms with Gasteiger partial charge in [0.1, 0.15) is 18.5 Å². The van der Waals surface area contributed by atoms with Crippen molar-refractivity contribution in [1.82, 2.24) is 4.98 Å². The molecule has 0 fully saturated rings. The number of esters is 1. The van der Waals surface area contributed by atoms with Gasteiger partial charge in [0.15, 0.2) is 23.0 Å². The number of carbonyl (C=O) groups excluding carboxylic acids is 2. The maximum absolute atomic E-state index is 12.3. The van der Waals surface area contributed by atoms with Gasteiger partial charge in [0.25, 0.3) is 0 Å². The predicted molar refractivity (Wildman–Crippen MR) is 98.1 cm³/mol. The largest absolute Gasteiger partial charge is 0.503 e. The molecule has 7 nitrogen and oxygen atoms in total. The molecule has 2 rings (SSSR count). The minimum absolute atomic E-state index is 0.0644. The summed E-state index contributed by atoms with van der Waals surface area (Å²) < 4.78 is 15.8. The van der Waals surface area contributed by atoms with Crippen LogP contribution in [0.2, 0.25) is 0 Å². The molecule has 2 atom stereocenters. The fourth-order valence-corrected chi connectivity index (χ4v) is 2.37. The number of Topliss-reactive ketones (excluding diaryl/α,β-unsaturated/α-hetero) is 1. The van der Waals surface area contributed by atoms with Crippen molar-refractivity contribution in [3.63, 3.8) is 0 Å². The highest BCUT2D eigenvalue weighted by Gasteiger charge is 2.24. The summed E-state index contributed by atoms with van der Waals surface area (Å²) in [5.74, 6) is -1.18. The van der Waals surface area contributed by atoms with Crippen LogP contribution in [0.4, 0.5) is 0 Å². The van der Waals surface area contributed by atoms with Gasteiger partial charge in [-0.2, -0.15) is 0 Å². The molecule has 1 aromatic carbocycles. The quantitative estimate of drug-likeness (QED) is 0.533. The number of carbonyl (C=O) groups is 2. The fourth-order valence-electron chi connectivity index (χ4n) is 2.37. The lowest BCUT2D eigenvalue weighted by Gasteiger charge is -2.16. The summed E-state index contributed by atoms with van der Waals surface area (Å²) in [5, 5.41) is 9.99. The number of rotatable bonds is 9. The van der Waals surface area contributed by atoms with Gasteiger partial charge in [-0.3, -0.25) is 9.59 Å². The molecule has 27 heavy (non-hydrogen) atoms. The van der Waals surface area contributed by atoms with Crippen LogP contribution in [0.1, 0.15) is 30.8 Å². The Bertz CT molecular complexity index is 777. The highest BCUT2D eigenvalue weighted by atomic mass is 16.6. The van der Waals surface area contributed by atoms with Crippen molar-refractivity contribution in [3.05, 3.63) is 48.3 Å². The van der Waals surface area contributed by atoms with E-state index < -0.39 is 17.7 Å². The molecule has 144 valence electrons. The molecule has 0 bridgehead atoms. The second kappa shape index (κ2) is 9.56. The Kier molecular flexibility index (Phi) is 7.16. The van der Waals surface area contributed by atoms with Crippen LogP contribution >= 0.6 is 0 Å². The van der Waals surface area contributed by atoms with Gasteiger partial charge >= 0.3 is 5.97 Å². The third-order valence-electron chi connectivity index (χ3n) is 3.81. The van der Waals surface area contributed by atoms with Crippen molar-refractivity contribution < 1.29 is 28.9 Å². The topological polar surface area (TPSA) is 95.0 Å². The molecule has 0 aliphatic heterocycles. The molecule has 0 aliphatic carbocycles. The zero-order chi connectivity index (χ0) is 19.8. The lowest BCUT2D eigenvalue weighted by atomic mass is 10.0. The number of aromatic nitrogens is 1. The van der Waals surface area contributed by atoms with E-state index in [-0.39, 0.29) is 36.3 Å². The van der Waals surface area contributed by atoms with E-state index in [0.29, 0.717) is 5.75 Å². The standard InChI is InChI=1S/C20H23NO6/c1-13(11-16(22)18-19(23)17(25-3)9-10-21-18)20(24)26-12-14(2)27-15-7-5-4-6-8-15/h4-10,13-14,23H,11-12H2,1-3H3/t13-,14-/m1/s1. The molecule has 0 radical (unpaired) electrons.